The third kappa shape index (κ3) is 5.45. The fraction of sp³-hybridized carbons (Fsp3) is 0.471. The van der Waals surface area contributed by atoms with Crippen molar-refractivity contribution in [3.8, 4) is 0 Å². The van der Waals surface area contributed by atoms with Crippen LogP contribution in [0.4, 0.5) is 29.3 Å². The maximum atomic E-state index is 14.8. The molecule has 2 fully saturated rings. The van der Waals surface area contributed by atoms with Gasteiger partial charge in [-0.3, -0.25) is 20.0 Å². The van der Waals surface area contributed by atoms with Gasteiger partial charge < -0.3 is 15.0 Å². The zero-order chi connectivity index (χ0) is 22.5. The summed E-state index contributed by atoms with van der Waals surface area (Å²) in [6.07, 6.45) is -4.75. The van der Waals surface area contributed by atoms with Crippen molar-refractivity contribution in [2.45, 2.75) is 12.5 Å². The molecule has 2 amide bonds. The average Bonchev–Trinajstić information content (AvgIpc) is 2.95. The number of ether oxygens (including phenoxy) is 1. The van der Waals surface area contributed by atoms with Gasteiger partial charge in [-0.1, -0.05) is 0 Å². The van der Waals surface area contributed by atoms with Crippen molar-refractivity contribution >= 4 is 40.7 Å². The number of alkyl halides is 2. The molecular weight excluding hydrogens is 441 g/mol. The molecule has 2 saturated heterocycles. The lowest BCUT2D eigenvalue weighted by atomic mass is 10.2. The number of nitrogens with two attached hydrogens (primary N) is 1. The van der Waals surface area contributed by atoms with Crippen molar-refractivity contribution in [2.24, 2.45) is 5.84 Å². The predicted octanol–water partition coefficient (Wildman–Crippen LogP) is 0.334. The first kappa shape index (κ1) is 22.8. The highest BCUT2D eigenvalue weighted by atomic mass is 32.1. The lowest BCUT2D eigenvalue weighted by Crippen LogP contribution is -2.44. The van der Waals surface area contributed by atoms with Gasteiger partial charge in [0.05, 0.1) is 37.6 Å². The Labute approximate surface area is 180 Å². The monoisotopic (exact) mass is 462 g/mol. The fourth-order valence-corrected chi connectivity index (χ4v) is 3.32. The normalized spacial score (nSPS) is 19.3. The van der Waals surface area contributed by atoms with Crippen LogP contribution in [0.15, 0.2) is 18.2 Å². The Bertz CT molecular complexity index is 848. The number of cyclic esters (lactones) is 1. The number of nitrogens with zero attached hydrogens (tertiary/aromatic N) is 3. The van der Waals surface area contributed by atoms with E-state index in [-0.39, 0.29) is 30.5 Å². The van der Waals surface area contributed by atoms with Crippen LogP contribution in [0.1, 0.15) is 0 Å². The molecule has 0 aliphatic carbocycles. The molecule has 0 bridgehead atoms. The van der Waals surface area contributed by atoms with Crippen LogP contribution in [0.2, 0.25) is 0 Å². The summed E-state index contributed by atoms with van der Waals surface area (Å²) >= 11 is 5.02. The number of halogens is 3. The SMILES string of the molecule is NNC(=S)N1CCN(c2ccc(N3CC(CNC(=O)C(F)F)OC3=O)cc2F)CCO1. The van der Waals surface area contributed by atoms with E-state index in [0.717, 1.165) is 0 Å². The Hall–Kier alpha value is -2.84. The zero-order valence-corrected chi connectivity index (χ0v) is 17.0. The van der Waals surface area contributed by atoms with E-state index in [0.29, 0.717) is 25.3 Å². The van der Waals surface area contributed by atoms with E-state index in [4.69, 9.17) is 27.6 Å². The van der Waals surface area contributed by atoms with Crippen LogP contribution >= 0.6 is 12.2 Å². The van der Waals surface area contributed by atoms with E-state index in [2.05, 4.69) is 5.43 Å². The molecule has 1 aromatic carbocycles. The number of nitrogens with one attached hydrogen (secondary N) is 2. The van der Waals surface area contributed by atoms with Crippen LogP contribution in [-0.4, -0.2) is 74.0 Å². The van der Waals surface area contributed by atoms with Crippen LogP contribution in [0.3, 0.4) is 0 Å². The molecule has 31 heavy (non-hydrogen) atoms. The molecule has 1 aromatic rings. The molecule has 4 N–H and O–H groups in total. The molecule has 0 aromatic heterocycles. The fourth-order valence-electron chi connectivity index (χ4n) is 3.17. The minimum Gasteiger partial charge on any atom is -0.442 e. The van der Waals surface area contributed by atoms with Gasteiger partial charge in [0, 0.05) is 13.1 Å². The van der Waals surface area contributed by atoms with Gasteiger partial charge in [0.1, 0.15) is 11.9 Å². The van der Waals surface area contributed by atoms with Crippen molar-refractivity contribution in [1.29, 1.82) is 0 Å². The maximum absolute atomic E-state index is 14.8. The summed E-state index contributed by atoms with van der Waals surface area (Å²) in [5.41, 5.74) is 2.89. The van der Waals surface area contributed by atoms with Crippen molar-refractivity contribution < 1.29 is 32.3 Å². The molecule has 14 heteroatoms. The first-order valence-corrected chi connectivity index (χ1v) is 9.70. The smallest absolute Gasteiger partial charge is 0.414 e. The Morgan fingerprint density at radius 3 is 2.77 bits per heavy atom. The molecule has 170 valence electrons. The van der Waals surface area contributed by atoms with Gasteiger partial charge in [-0.2, -0.15) is 8.78 Å². The van der Waals surface area contributed by atoms with Gasteiger partial charge in [-0.15, -0.1) is 0 Å². The van der Waals surface area contributed by atoms with Crippen LogP contribution in [-0.2, 0) is 14.4 Å². The molecule has 1 atom stereocenters. The summed E-state index contributed by atoms with van der Waals surface area (Å²) in [6, 6.07) is 4.26. The van der Waals surface area contributed by atoms with Crippen molar-refractivity contribution in [2.75, 3.05) is 49.1 Å². The van der Waals surface area contributed by atoms with E-state index in [1.54, 1.807) is 11.0 Å². The average molecular weight is 462 g/mol. The number of anilines is 2. The molecule has 2 aliphatic heterocycles. The van der Waals surface area contributed by atoms with E-state index in [1.165, 1.54) is 22.1 Å². The number of rotatable bonds is 5. The molecule has 10 nitrogen and oxygen atoms in total. The number of carbonyl (C=O) groups is 2. The lowest BCUT2D eigenvalue weighted by Gasteiger charge is -2.24. The first-order valence-electron chi connectivity index (χ1n) is 9.29. The predicted molar refractivity (Wildman–Crippen MR) is 108 cm³/mol. The number of hydrogen-bond acceptors (Lipinski definition) is 7. The number of amides is 2. The maximum Gasteiger partial charge on any atom is 0.414 e. The summed E-state index contributed by atoms with van der Waals surface area (Å²) < 4.78 is 44.4. The van der Waals surface area contributed by atoms with E-state index >= 15 is 0 Å². The second-order valence-electron chi connectivity index (χ2n) is 6.67. The largest absolute Gasteiger partial charge is 0.442 e. The standard InChI is InChI=1S/C17H21F3N6O4S/c18-12-7-10(25-9-11(30-17(25)28)8-22-15(27)14(19)20)1-2-13(12)24-3-4-26(16(31)23-21)29-6-5-24/h1-2,7,11,14H,3-6,8-9,21H2,(H,22,27)(H,23,31). The number of hydroxylamine groups is 2. The Balaban J connectivity index is 1.63. The van der Waals surface area contributed by atoms with E-state index in [9.17, 15) is 22.8 Å². The summed E-state index contributed by atoms with van der Waals surface area (Å²) in [4.78, 5) is 31.5. The first-order chi connectivity index (χ1) is 14.8. The molecule has 2 aliphatic rings. The van der Waals surface area contributed by atoms with Gasteiger partial charge >= 0.3 is 12.5 Å². The molecule has 3 rings (SSSR count). The van der Waals surface area contributed by atoms with Gasteiger partial charge in [0.2, 0.25) is 5.11 Å². The number of hydrazine groups is 1. The van der Waals surface area contributed by atoms with Crippen LogP contribution in [0, 0.1) is 5.82 Å². The topological polar surface area (TPSA) is 112 Å². The van der Waals surface area contributed by atoms with E-state index in [1.807, 2.05) is 5.32 Å². The van der Waals surface area contributed by atoms with Crippen LogP contribution in [0.25, 0.3) is 0 Å². The Morgan fingerprint density at radius 2 is 2.10 bits per heavy atom. The highest BCUT2D eigenvalue weighted by Crippen LogP contribution is 2.28. The van der Waals surface area contributed by atoms with Crippen LogP contribution in [0.5, 0.6) is 0 Å². The Morgan fingerprint density at radius 1 is 1.32 bits per heavy atom. The van der Waals surface area contributed by atoms with Gasteiger partial charge in [0.25, 0.3) is 5.91 Å². The number of thiocarbonyl (C=S) groups is 1. The summed E-state index contributed by atoms with van der Waals surface area (Å²) in [5.74, 6) is 3.27. The summed E-state index contributed by atoms with van der Waals surface area (Å²) in [5, 5.41) is 3.61. The molecule has 0 saturated carbocycles. The second kappa shape index (κ2) is 9.98. The molecule has 1 unspecified atom stereocenters. The highest BCUT2D eigenvalue weighted by Gasteiger charge is 2.33. The van der Waals surface area contributed by atoms with Gasteiger partial charge in [-0.05, 0) is 30.4 Å². The van der Waals surface area contributed by atoms with Crippen LogP contribution < -0.4 is 26.4 Å². The number of hydrogen-bond donors (Lipinski definition) is 3. The molecular formula is C17H21F3N6O4S. The second-order valence-corrected chi connectivity index (χ2v) is 7.06. The zero-order valence-electron chi connectivity index (χ0n) is 16.2. The lowest BCUT2D eigenvalue weighted by molar-refractivity contribution is -0.132. The third-order valence-electron chi connectivity index (χ3n) is 4.69. The molecule has 2 heterocycles. The molecule has 0 radical (unpaired) electrons. The van der Waals surface area contributed by atoms with Gasteiger partial charge in [0.15, 0.2) is 0 Å². The highest BCUT2D eigenvalue weighted by molar-refractivity contribution is 7.80. The minimum atomic E-state index is -3.16. The minimum absolute atomic E-state index is 0.0167. The summed E-state index contributed by atoms with van der Waals surface area (Å²) in [7, 11) is 0. The van der Waals surface area contributed by atoms with Gasteiger partial charge in [-0.25, -0.2) is 20.1 Å². The van der Waals surface area contributed by atoms with E-state index < -0.39 is 30.3 Å². The Kier molecular flexibility index (Phi) is 7.35. The molecule has 0 spiro atoms. The van der Waals surface area contributed by atoms with Crippen molar-refractivity contribution in [3.63, 3.8) is 0 Å². The number of benzene rings is 1. The number of carbonyl (C=O) groups excluding carboxylic acids is 2. The third-order valence-corrected chi connectivity index (χ3v) is 5.01. The van der Waals surface area contributed by atoms with Crippen molar-refractivity contribution in [1.82, 2.24) is 15.8 Å². The summed E-state index contributed by atoms with van der Waals surface area (Å²) in [6.45, 7) is 1.14. The quantitative estimate of drug-likeness (QED) is 0.324. The van der Waals surface area contributed by atoms with Crippen molar-refractivity contribution in [3.05, 3.63) is 24.0 Å².